The fourth-order valence-electron chi connectivity index (χ4n) is 1.21. The minimum Gasteiger partial charge on any atom is -0.397 e. The van der Waals surface area contributed by atoms with E-state index < -0.39 is 6.03 Å². The zero-order valence-corrected chi connectivity index (χ0v) is 8.71. The minimum absolute atomic E-state index is 0.475. The Balaban J connectivity index is 2.43. The number of primary amides is 1. The molecule has 5 nitrogen and oxygen atoms in total. The first-order valence-corrected chi connectivity index (χ1v) is 4.73. The maximum atomic E-state index is 10.4. The van der Waals surface area contributed by atoms with Crippen LogP contribution in [0.3, 0.4) is 0 Å². The number of hydrogen-bond donors (Lipinski definition) is 4. The molecule has 0 atom stereocenters. The molecule has 1 aromatic carbocycles. The third-order valence-corrected chi connectivity index (χ3v) is 1.95. The van der Waals surface area contributed by atoms with Gasteiger partial charge in [0.25, 0.3) is 0 Å². The van der Waals surface area contributed by atoms with Gasteiger partial charge in [-0.25, -0.2) is 4.79 Å². The average molecular weight is 208 g/mol. The van der Waals surface area contributed by atoms with Crippen LogP contribution >= 0.6 is 0 Å². The van der Waals surface area contributed by atoms with E-state index in [9.17, 15) is 4.79 Å². The predicted octanol–water partition coefficient (Wildman–Crippen LogP) is 0.657. The van der Waals surface area contributed by atoms with E-state index in [0.29, 0.717) is 18.8 Å². The average Bonchev–Trinajstić information content (AvgIpc) is 2.17. The molecular formula is C10H16N4O. The van der Waals surface area contributed by atoms with E-state index in [-0.39, 0.29) is 0 Å². The van der Waals surface area contributed by atoms with Crippen LogP contribution in [0.5, 0.6) is 0 Å². The molecule has 82 valence electrons. The lowest BCUT2D eigenvalue weighted by Gasteiger charge is -2.10. The van der Waals surface area contributed by atoms with Crippen LogP contribution in [-0.4, -0.2) is 19.1 Å². The van der Waals surface area contributed by atoms with E-state index >= 15 is 0 Å². The summed E-state index contributed by atoms with van der Waals surface area (Å²) in [6, 6.07) is 5.23. The van der Waals surface area contributed by atoms with Gasteiger partial charge in [-0.05, 0) is 24.6 Å². The van der Waals surface area contributed by atoms with Crippen molar-refractivity contribution in [3.8, 4) is 0 Å². The van der Waals surface area contributed by atoms with E-state index in [1.54, 1.807) is 0 Å². The molecule has 0 saturated carbocycles. The van der Waals surface area contributed by atoms with Gasteiger partial charge in [-0.2, -0.15) is 0 Å². The second-order valence-electron chi connectivity index (χ2n) is 3.31. The molecular weight excluding hydrogens is 192 g/mol. The molecule has 5 heteroatoms. The third-order valence-electron chi connectivity index (χ3n) is 1.95. The molecule has 0 spiro atoms. The van der Waals surface area contributed by atoms with Crippen molar-refractivity contribution in [1.82, 2.24) is 5.32 Å². The minimum atomic E-state index is -0.519. The standard InChI is InChI=1S/C10H16N4O/c1-7-2-3-8(11)9(6-7)13-4-5-14-10(12)15/h2-3,6,13H,4-5,11H2,1H3,(H3,12,14,15). The summed E-state index contributed by atoms with van der Waals surface area (Å²) in [5.41, 5.74) is 13.4. The molecule has 0 aliphatic rings. The quantitative estimate of drug-likeness (QED) is 0.432. The molecule has 0 bridgehead atoms. The molecule has 1 aromatic rings. The second-order valence-corrected chi connectivity index (χ2v) is 3.31. The predicted molar refractivity (Wildman–Crippen MR) is 61.7 cm³/mol. The summed E-state index contributed by atoms with van der Waals surface area (Å²) in [5.74, 6) is 0. The fraction of sp³-hybridized carbons (Fsp3) is 0.300. The Kier molecular flexibility index (Phi) is 3.79. The first kappa shape index (κ1) is 11.2. The van der Waals surface area contributed by atoms with Gasteiger partial charge in [0.2, 0.25) is 0 Å². The fourth-order valence-corrected chi connectivity index (χ4v) is 1.21. The van der Waals surface area contributed by atoms with Gasteiger partial charge in [0, 0.05) is 13.1 Å². The molecule has 0 unspecified atom stereocenters. The maximum Gasteiger partial charge on any atom is 0.312 e. The number of amides is 2. The number of urea groups is 1. The van der Waals surface area contributed by atoms with Gasteiger partial charge in [-0.1, -0.05) is 6.07 Å². The normalized spacial score (nSPS) is 9.67. The lowest BCUT2D eigenvalue weighted by molar-refractivity contribution is 0.249. The molecule has 0 aliphatic carbocycles. The van der Waals surface area contributed by atoms with Crippen molar-refractivity contribution in [2.45, 2.75) is 6.92 Å². The van der Waals surface area contributed by atoms with E-state index in [4.69, 9.17) is 11.5 Å². The summed E-state index contributed by atoms with van der Waals surface area (Å²) < 4.78 is 0. The number of aryl methyl sites for hydroxylation is 1. The summed E-state index contributed by atoms with van der Waals surface area (Å²) in [5, 5.41) is 5.60. The van der Waals surface area contributed by atoms with Gasteiger partial charge in [0.15, 0.2) is 0 Å². The number of hydrogen-bond acceptors (Lipinski definition) is 3. The summed E-state index contributed by atoms with van der Waals surface area (Å²) in [7, 11) is 0. The molecule has 15 heavy (non-hydrogen) atoms. The van der Waals surface area contributed by atoms with Crippen LogP contribution in [0, 0.1) is 6.92 Å². The summed E-state index contributed by atoms with van der Waals surface area (Å²) in [4.78, 5) is 10.4. The summed E-state index contributed by atoms with van der Waals surface area (Å²) in [6.45, 7) is 3.06. The number of carbonyl (C=O) groups excluding carboxylic acids is 1. The third kappa shape index (κ3) is 3.76. The summed E-state index contributed by atoms with van der Waals surface area (Å²) >= 11 is 0. The SMILES string of the molecule is Cc1ccc(N)c(NCCNC(N)=O)c1. The monoisotopic (exact) mass is 208 g/mol. The van der Waals surface area contributed by atoms with Crippen molar-refractivity contribution in [2.24, 2.45) is 5.73 Å². The van der Waals surface area contributed by atoms with Gasteiger partial charge in [-0.3, -0.25) is 0 Å². The number of nitrogens with one attached hydrogen (secondary N) is 2. The highest BCUT2D eigenvalue weighted by Crippen LogP contribution is 2.18. The molecule has 0 radical (unpaired) electrons. The summed E-state index contributed by atoms with van der Waals surface area (Å²) in [6.07, 6.45) is 0. The molecule has 0 aromatic heterocycles. The van der Waals surface area contributed by atoms with Gasteiger partial charge in [-0.15, -0.1) is 0 Å². The van der Waals surface area contributed by atoms with E-state index in [0.717, 1.165) is 11.3 Å². The van der Waals surface area contributed by atoms with Crippen molar-refractivity contribution < 1.29 is 4.79 Å². The van der Waals surface area contributed by atoms with E-state index in [1.807, 2.05) is 25.1 Å². The van der Waals surface area contributed by atoms with Crippen molar-refractivity contribution >= 4 is 17.4 Å². The maximum absolute atomic E-state index is 10.4. The van der Waals surface area contributed by atoms with Crippen LogP contribution in [0.1, 0.15) is 5.56 Å². The second kappa shape index (κ2) is 5.09. The van der Waals surface area contributed by atoms with Crippen LogP contribution in [0.4, 0.5) is 16.2 Å². The van der Waals surface area contributed by atoms with Crippen molar-refractivity contribution in [2.75, 3.05) is 24.1 Å². The Morgan fingerprint density at radius 2 is 2.13 bits per heavy atom. The largest absolute Gasteiger partial charge is 0.397 e. The van der Waals surface area contributed by atoms with Crippen LogP contribution in [0.15, 0.2) is 18.2 Å². The smallest absolute Gasteiger partial charge is 0.312 e. The zero-order chi connectivity index (χ0) is 11.3. The Bertz CT molecular complexity index is 351. The number of benzene rings is 1. The molecule has 1 rings (SSSR count). The highest BCUT2D eigenvalue weighted by molar-refractivity contribution is 5.71. The van der Waals surface area contributed by atoms with E-state index in [2.05, 4.69) is 10.6 Å². The van der Waals surface area contributed by atoms with Gasteiger partial charge >= 0.3 is 6.03 Å². The van der Waals surface area contributed by atoms with Crippen LogP contribution < -0.4 is 22.1 Å². The number of anilines is 2. The topological polar surface area (TPSA) is 93.2 Å². The molecule has 0 heterocycles. The van der Waals surface area contributed by atoms with Gasteiger partial charge in [0.05, 0.1) is 11.4 Å². The first-order chi connectivity index (χ1) is 7.09. The Morgan fingerprint density at radius 1 is 1.40 bits per heavy atom. The highest BCUT2D eigenvalue weighted by atomic mass is 16.2. The van der Waals surface area contributed by atoms with Crippen molar-refractivity contribution in [3.05, 3.63) is 23.8 Å². The van der Waals surface area contributed by atoms with Crippen molar-refractivity contribution in [1.29, 1.82) is 0 Å². The van der Waals surface area contributed by atoms with Crippen LogP contribution in [-0.2, 0) is 0 Å². The Labute approximate surface area is 88.8 Å². The van der Waals surface area contributed by atoms with Crippen LogP contribution in [0.2, 0.25) is 0 Å². The number of nitrogens with two attached hydrogens (primary N) is 2. The zero-order valence-electron chi connectivity index (χ0n) is 8.71. The molecule has 0 saturated heterocycles. The van der Waals surface area contributed by atoms with Gasteiger partial charge < -0.3 is 22.1 Å². The molecule has 2 amide bonds. The molecule has 0 aliphatic heterocycles. The van der Waals surface area contributed by atoms with Crippen molar-refractivity contribution in [3.63, 3.8) is 0 Å². The highest BCUT2D eigenvalue weighted by Gasteiger charge is 1.98. The van der Waals surface area contributed by atoms with E-state index in [1.165, 1.54) is 0 Å². The lowest BCUT2D eigenvalue weighted by atomic mass is 10.2. The van der Waals surface area contributed by atoms with Gasteiger partial charge in [0.1, 0.15) is 0 Å². The number of nitrogen functional groups attached to an aromatic ring is 1. The number of carbonyl (C=O) groups is 1. The van der Waals surface area contributed by atoms with Crippen LogP contribution in [0.25, 0.3) is 0 Å². The lowest BCUT2D eigenvalue weighted by Crippen LogP contribution is -2.33. The molecule has 6 N–H and O–H groups in total. The number of rotatable bonds is 4. The molecule has 0 fully saturated rings. The first-order valence-electron chi connectivity index (χ1n) is 4.73. The Hall–Kier alpha value is -1.91. The Morgan fingerprint density at radius 3 is 2.80 bits per heavy atom.